The maximum atomic E-state index is 12.1. The summed E-state index contributed by atoms with van der Waals surface area (Å²) in [5.41, 5.74) is -0.209. The molecule has 6 rings (SSSR count). The molecule has 0 unspecified atom stereocenters. The molecule has 6 fully saturated rings. The Morgan fingerprint density at radius 3 is 2.74 bits per heavy atom. The molecular weight excluding hydrogens is 344 g/mol. The van der Waals surface area contributed by atoms with E-state index in [9.17, 15) is 15.0 Å². The first-order valence-corrected chi connectivity index (χ1v) is 10.5. The normalized spacial score (nSPS) is 55.0. The van der Waals surface area contributed by atoms with Gasteiger partial charge in [0, 0.05) is 18.3 Å². The summed E-state index contributed by atoms with van der Waals surface area (Å²) < 4.78 is 12.1. The van der Waals surface area contributed by atoms with E-state index >= 15 is 0 Å². The summed E-state index contributed by atoms with van der Waals surface area (Å²) >= 11 is 0. The highest BCUT2D eigenvalue weighted by atomic mass is 16.7. The van der Waals surface area contributed by atoms with Gasteiger partial charge in [0.2, 0.25) is 5.79 Å². The van der Waals surface area contributed by atoms with Gasteiger partial charge in [0.25, 0.3) is 0 Å². The summed E-state index contributed by atoms with van der Waals surface area (Å²) in [5, 5.41) is 23.4. The molecule has 5 heteroatoms. The van der Waals surface area contributed by atoms with Crippen molar-refractivity contribution in [1.82, 2.24) is 0 Å². The van der Waals surface area contributed by atoms with Crippen molar-refractivity contribution in [2.45, 2.75) is 77.3 Å². The lowest BCUT2D eigenvalue weighted by Gasteiger charge is -2.74. The number of fused-ring (bicyclic) bond motifs is 2. The highest BCUT2D eigenvalue weighted by Gasteiger charge is 2.83. The number of aliphatic hydroxyl groups excluding tert-OH is 1. The molecule has 0 aromatic heterocycles. The molecule has 4 aliphatic carbocycles. The third-order valence-electron chi connectivity index (χ3n) is 9.20. The Kier molecular flexibility index (Phi) is 3.47. The van der Waals surface area contributed by atoms with Gasteiger partial charge in [-0.1, -0.05) is 26.8 Å². The zero-order valence-corrected chi connectivity index (χ0v) is 16.7. The Morgan fingerprint density at radius 2 is 2.04 bits per heavy atom. The van der Waals surface area contributed by atoms with Crippen molar-refractivity contribution < 1.29 is 24.5 Å². The molecule has 4 bridgehead atoms. The van der Waals surface area contributed by atoms with Crippen molar-refractivity contribution >= 4 is 5.97 Å². The van der Waals surface area contributed by atoms with Crippen LogP contribution in [-0.4, -0.2) is 40.8 Å². The van der Waals surface area contributed by atoms with Gasteiger partial charge in [-0.2, -0.15) is 0 Å². The van der Waals surface area contributed by atoms with Crippen molar-refractivity contribution in [3.8, 4) is 0 Å². The molecule has 2 N–H and O–H groups in total. The molecule has 150 valence electrons. The predicted octanol–water partition coefficient (Wildman–Crippen LogP) is 2.80. The van der Waals surface area contributed by atoms with E-state index in [2.05, 4.69) is 20.4 Å². The van der Waals surface area contributed by atoms with Gasteiger partial charge >= 0.3 is 5.97 Å². The first-order valence-electron chi connectivity index (χ1n) is 10.5. The summed E-state index contributed by atoms with van der Waals surface area (Å²) in [4.78, 5) is 12.1. The second kappa shape index (κ2) is 5.17. The number of carbonyl (C=O) groups excluding carboxylic acids is 1. The van der Waals surface area contributed by atoms with E-state index < -0.39 is 29.4 Å². The summed E-state index contributed by atoms with van der Waals surface area (Å²) in [7, 11) is 0. The monoisotopic (exact) mass is 376 g/mol. The molecular formula is C22H32O5. The van der Waals surface area contributed by atoms with Gasteiger partial charge < -0.3 is 19.7 Å². The molecule has 0 amide bonds. The minimum absolute atomic E-state index is 0.0367. The summed E-state index contributed by atoms with van der Waals surface area (Å²) in [5.74, 6) is -1.62. The maximum absolute atomic E-state index is 12.1. The fraction of sp³-hybridized carbons (Fsp3) is 0.864. The highest BCUT2D eigenvalue weighted by molar-refractivity contribution is 5.66. The molecule has 27 heavy (non-hydrogen) atoms. The minimum atomic E-state index is -1.65. The molecule has 0 aromatic rings. The van der Waals surface area contributed by atoms with Gasteiger partial charge in [-0.15, -0.1) is 0 Å². The Morgan fingerprint density at radius 1 is 1.30 bits per heavy atom. The Bertz CT molecular complexity index is 715. The van der Waals surface area contributed by atoms with Crippen LogP contribution >= 0.6 is 0 Å². The first-order chi connectivity index (χ1) is 12.6. The number of carbonyl (C=O) groups is 1. The van der Waals surface area contributed by atoms with Crippen LogP contribution in [0.5, 0.6) is 0 Å². The van der Waals surface area contributed by atoms with Gasteiger partial charge in [0.15, 0.2) is 6.10 Å². The van der Waals surface area contributed by atoms with Crippen LogP contribution < -0.4 is 0 Å². The van der Waals surface area contributed by atoms with E-state index in [1.807, 2.05) is 0 Å². The van der Waals surface area contributed by atoms with E-state index in [1.54, 1.807) is 0 Å². The second-order valence-corrected chi connectivity index (χ2v) is 10.6. The molecule has 5 nitrogen and oxygen atoms in total. The minimum Gasteiger partial charge on any atom is -0.456 e. The van der Waals surface area contributed by atoms with E-state index in [1.165, 1.54) is 6.92 Å². The zero-order chi connectivity index (χ0) is 19.4. The third kappa shape index (κ3) is 1.85. The van der Waals surface area contributed by atoms with Gasteiger partial charge in [-0.25, -0.2) is 0 Å². The van der Waals surface area contributed by atoms with Gasteiger partial charge in [0.1, 0.15) is 0 Å². The van der Waals surface area contributed by atoms with Crippen LogP contribution in [0.1, 0.15) is 59.3 Å². The summed E-state index contributed by atoms with van der Waals surface area (Å²) in [6.07, 6.45) is 4.29. The molecule has 8 atom stereocenters. The van der Waals surface area contributed by atoms with Crippen molar-refractivity contribution in [3.05, 3.63) is 12.2 Å². The SMILES string of the molecule is C=C1[C@@H]2CC[C@H]3[C@]45CCCC(C)(C)[C@H]4[C@H](OC(C)=O)[C@@](O)(OC5)[C@]3(C2)[C@@H]1O. The molecule has 6 aliphatic rings. The lowest BCUT2D eigenvalue weighted by atomic mass is 9.36. The van der Waals surface area contributed by atoms with Crippen LogP contribution in [0, 0.1) is 34.0 Å². The average Bonchev–Trinajstić information content (AvgIpc) is 2.78. The fourth-order valence-corrected chi connectivity index (χ4v) is 8.45. The van der Waals surface area contributed by atoms with Crippen LogP contribution in [0.25, 0.3) is 0 Å². The number of aliphatic hydroxyl groups is 2. The molecule has 2 aliphatic heterocycles. The van der Waals surface area contributed by atoms with Crippen molar-refractivity contribution in [1.29, 1.82) is 0 Å². The van der Waals surface area contributed by atoms with Crippen molar-refractivity contribution in [3.63, 3.8) is 0 Å². The van der Waals surface area contributed by atoms with Gasteiger partial charge in [-0.05, 0) is 54.9 Å². The molecule has 4 saturated carbocycles. The Balaban J connectivity index is 1.75. The molecule has 2 spiro atoms. The number of hydrogen-bond donors (Lipinski definition) is 2. The number of esters is 1. The lowest BCUT2D eigenvalue weighted by Crippen LogP contribution is -2.82. The van der Waals surface area contributed by atoms with Crippen LogP contribution in [0.2, 0.25) is 0 Å². The topological polar surface area (TPSA) is 76.0 Å². The quantitative estimate of drug-likeness (QED) is 0.544. The Hall–Kier alpha value is -0.910. The largest absolute Gasteiger partial charge is 0.456 e. The van der Waals surface area contributed by atoms with Crippen LogP contribution in [0.15, 0.2) is 12.2 Å². The summed E-state index contributed by atoms with van der Waals surface area (Å²) in [6, 6.07) is 0. The van der Waals surface area contributed by atoms with Gasteiger partial charge in [-0.3, -0.25) is 4.79 Å². The van der Waals surface area contributed by atoms with E-state index in [0.717, 1.165) is 37.7 Å². The standard InChI is InChI=1S/C22H32O5/c1-12-14-6-7-15-20-9-5-8-19(3,4)16(20)18(27-13(2)23)22(25,26-11-20)21(15,10-14)17(12)24/h14-18,24-25H,1,5-11H2,2-4H3/t14-,15+,16-,17-,18+,20-,21+,22-/m1/s1. The smallest absolute Gasteiger partial charge is 0.303 e. The van der Waals surface area contributed by atoms with E-state index in [-0.39, 0.29) is 28.6 Å². The van der Waals surface area contributed by atoms with E-state index in [0.29, 0.717) is 13.0 Å². The van der Waals surface area contributed by atoms with E-state index in [4.69, 9.17) is 9.47 Å². The zero-order valence-electron chi connectivity index (χ0n) is 16.7. The number of ether oxygens (including phenoxy) is 2. The second-order valence-electron chi connectivity index (χ2n) is 10.6. The third-order valence-corrected chi connectivity index (χ3v) is 9.20. The Labute approximate surface area is 161 Å². The molecule has 0 aromatic carbocycles. The predicted molar refractivity (Wildman–Crippen MR) is 98.4 cm³/mol. The summed E-state index contributed by atoms with van der Waals surface area (Å²) in [6.45, 7) is 10.5. The van der Waals surface area contributed by atoms with Crippen LogP contribution in [0.3, 0.4) is 0 Å². The molecule has 0 radical (unpaired) electrons. The number of hydrogen-bond acceptors (Lipinski definition) is 5. The van der Waals surface area contributed by atoms with Crippen LogP contribution in [-0.2, 0) is 14.3 Å². The molecule has 2 heterocycles. The van der Waals surface area contributed by atoms with Crippen molar-refractivity contribution in [2.75, 3.05) is 6.61 Å². The first kappa shape index (κ1) is 18.1. The van der Waals surface area contributed by atoms with Crippen molar-refractivity contribution in [2.24, 2.45) is 34.0 Å². The maximum Gasteiger partial charge on any atom is 0.303 e. The number of rotatable bonds is 1. The van der Waals surface area contributed by atoms with Gasteiger partial charge in [0.05, 0.1) is 18.1 Å². The van der Waals surface area contributed by atoms with Crippen LogP contribution in [0.4, 0.5) is 0 Å². The highest BCUT2D eigenvalue weighted by Crippen LogP contribution is 2.77. The molecule has 2 saturated heterocycles. The lowest BCUT2D eigenvalue weighted by molar-refractivity contribution is -0.456. The fourth-order valence-electron chi connectivity index (χ4n) is 8.45. The average molecular weight is 376 g/mol.